The number of phenols is 1. The second-order valence-corrected chi connectivity index (χ2v) is 21.1. The van der Waals surface area contributed by atoms with Gasteiger partial charge in [0.1, 0.15) is 23.1 Å². The fourth-order valence-corrected chi connectivity index (χ4v) is 12.4. The number of halogens is 1. The van der Waals surface area contributed by atoms with Gasteiger partial charge in [0.2, 0.25) is 11.8 Å². The first-order valence-corrected chi connectivity index (χ1v) is 25.4. The molecule has 4 aromatic carbocycles. The summed E-state index contributed by atoms with van der Waals surface area (Å²) >= 11 is 0. The standard InChI is InChI=1S/C55H60FN9O5/c1-2-35-4-3-5-36-27-41(66)28-45(48(35)36)43-10-11-44-50(49(43)56)59-54(60-51(44)64-30-38-6-7-39(31-64)57-38)70-33-55(17-18-55)32-62-20-15-34(16-21-62)14-19-61-22-24-63(25-23-61)40-8-9-42-37(26-40)29-65(53(42)69)46-12-13-47(67)58-52(46)68/h1,3-5,8-11,26-28,34,38-39,46,57,66H,6-7,12-25,29-33H2,(H,58,67,68)/t38?,39?,46-/m0/s1. The zero-order chi connectivity index (χ0) is 47.7. The van der Waals surface area contributed by atoms with E-state index in [1.807, 2.05) is 36.4 Å². The van der Waals surface area contributed by atoms with E-state index in [0.29, 0.717) is 76.4 Å². The van der Waals surface area contributed by atoms with Gasteiger partial charge in [-0.15, -0.1) is 6.42 Å². The normalized spacial score (nSPS) is 23.8. The van der Waals surface area contributed by atoms with Crippen LogP contribution < -0.4 is 25.2 Å². The number of ether oxygens (including phenoxy) is 1. The molecule has 3 atom stereocenters. The molecule has 7 aliphatic rings. The molecule has 0 spiro atoms. The summed E-state index contributed by atoms with van der Waals surface area (Å²) in [7, 11) is 0. The van der Waals surface area contributed by atoms with Gasteiger partial charge in [-0.05, 0) is 136 Å². The molecule has 5 aromatic rings. The highest BCUT2D eigenvalue weighted by Gasteiger charge is 2.46. The number of nitrogens with one attached hydrogen (secondary N) is 2. The highest BCUT2D eigenvalue weighted by atomic mass is 19.1. The Morgan fingerprint density at radius 2 is 1.63 bits per heavy atom. The van der Waals surface area contributed by atoms with E-state index >= 15 is 4.39 Å². The van der Waals surface area contributed by atoms with Crippen LogP contribution in [0.15, 0.2) is 60.7 Å². The van der Waals surface area contributed by atoms with Gasteiger partial charge in [0.25, 0.3) is 5.91 Å². The molecule has 0 radical (unpaired) electrons. The first-order chi connectivity index (χ1) is 34.1. The second kappa shape index (κ2) is 18.1. The van der Waals surface area contributed by atoms with Gasteiger partial charge < -0.3 is 34.8 Å². The van der Waals surface area contributed by atoms with Crippen molar-refractivity contribution in [1.82, 2.24) is 35.3 Å². The minimum Gasteiger partial charge on any atom is -0.508 e. The number of anilines is 2. The molecular formula is C55H60FN9O5. The van der Waals surface area contributed by atoms with E-state index in [2.05, 4.69) is 42.2 Å². The Bertz CT molecular complexity index is 2940. The van der Waals surface area contributed by atoms with Gasteiger partial charge in [-0.2, -0.15) is 9.97 Å². The second-order valence-electron chi connectivity index (χ2n) is 21.1. The average molecular weight is 946 g/mol. The highest BCUT2D eigenvalue weighted by Crippen LogP contribution is 2.47. The lowest BCUT2D eigenvalue weighted by atomic mass is 9.92. The Balaban J connectivity index is 0.660. The molecule has 12 rings (SSSR count). The molecule has 15 heteroatoms. The van der Waals surface area contributed by atoms with Gasteiger partial charge in [0.05, 0.1) is 6.61 Å². The van der Waals surface area contributed by atoms with Crippen molar-refractivity contribution in [2.24, 2.45) is 11.3 Å². The molecule has 1 saturated carbocycles. The number of hydrogen-bond donors (Lipinski definition) is 3. The largest absolute Gasteiger partial charge is 0.508 e. The number of phenolic OH excluding ortho intramolecular Hbond substituents is 1. The number of benzene rings is 4. The maximum atomic E-state index is 17.2. The number of terminal acetylenes is 1. The van der Waals surface area contributed by atoms with E-state index < -0.39 is 11.9 Å². The minimum atomic E-state index is -0.604. The number of piperazine rings is 2. The molecular weight excluding hydrogens is 886 g/mol. The molecule has 3 N–H and O–H groups in total. The van der Waals surface area contributed by atoms with Crippen LogP contribution in [0.1, 0.15) is 79.3 Å². The van der Waals surface area contributed by atoms with Crippen LogP contribution in [0.3, 0.4) is 0 Å². The van der Waals surface area contributed by atoms with Crippen LogP contribution in [0.2, 0.25) is 0 Å². The number of amides is 3. The SMILES string of the molecule is C#Cc1cccc2cc(O)cc(-c3ccc4c(N5CC6CCC(C5)N6)nc(OCC5(CN6CCC(CCN7CCN(c8ccc9c(c8)CN([C@H]8CCC(=O)NC8=O)C9=O)CC7)CC6)CC5)nc4c3F)c12. The van der Waals surface area contributed by atoms with Crippen LogP contribution in [0.4, 0.5) is 15.9 Å². The van der Waals surface area contributed by atoms with Crippen molar-refractivity contribution in [2.75, 3.05) is 81.9 Å². The predicted octanol–water partition coefficient (Wildman–Crippen LogP) is 6.06. The van der Waals surface area contributed by atoms with Crippen molar-refractivity contribution >= 4 is 50.9 Å². The highest BCUT2D eigenvalue weighted by molar-refractivity contribution is 6.06. The topological polar surface area (TPSA) is 147 Å². The number of imide groups is 1. The van der Waals surface area contributed by atoms with Gasteiger partial charge in [-0.25, -0.2) is 4.39 Å². The van der Waals surface area contributed by atoms with Crippen LogP contribution >= 0.6 is 0 Å². The third-order valence-electron chi connectivity index (χ3n) is 16.5. The third kappa shape index (κ3) is 8.58. The van der Waals surface area contributed by atoms with Crippen molar-refractivity contribution in [3.05, 3.63) is 83.2 Å². The van der Waals surface area contributed by atoms with Crippen LogP contribution in [-0.4, -0.2) is 138 Å². The number of aromatic nitrogens is 2. The number of aromatic hydroxyl groups is 1. The van der Waals surface area contributed by atoms with Crippen molar-refractivity contribution in [3.8, 4) is 35.2 Å². The van der Waals surface area contributed by atoms with Gasteiger partial charge in [-0.1, -0.05) is 24.1 Å². The summed E-state index contributed by atoms with van der Waals surface area (Å²) in [4.78, 5) is 58.8. The van der Waals surface area contributed by atoms with Crippen LogP contribution in [-0.2, 0) is 16.1 Å². The van der Waals surface area contributed by atoms with Crippen molar-refractivity contribution in [3.63, 3.8) is 0 Å². The Morgan fingerprint density at radius 1 is 0.843 bits per heavy atom. The van der Waals surface area contributed by atoms with E-state index in [9.17, 15) is 19.5 Å². The lowest BCUT2D eigenvalue weighted by molar-refractivity contribution is -0.136. The van der Waals surface area contributed by atoms with E-state index in [-0.39, 0.29) is 46.8 Å². The molecule has 2 bridgehead atoms. The molecule has 362 valence electrons. The van der Waals surface area contributed by atoms with E-state index in [1.165, 1.54) is 19.3 Å². The number of carbonyl (C=O) groups excluding carboxylic acids is 3. The lowest BCUT2D eigenvalue weighted by Crippen LogP contribution is -2.52. The van der Waals surface area contributed by atoms with Gasteiger partial charge >= 0.3 is 6.01 Å². The number of hydrogen-bond acceptors (Lipinski definition) is 12. The zero-order valence-electron chi connectivity index (χ0n) is 39.6. The van der Waals surface area contributed by atoms with Crippen molar-refractivity contribution in [2.45, 2.75) is 82.5 Å². The van der Waals surface area contributed by atoms with Crippen molar-refractivity contribution < 1.29 is 28.6 Å². The number of piperidine rings is 2. The number of fused-ring (bicyclic) bond motifs is 5. The first kappa shape index (κ1) is 44.8. The average Bonchev–Trinajstić information content (AvgIpc) is 3.95. The predicted molar refractivity (Wildman–Crippen MR) is 266 cm³/mol. The Hall–Kier alpha value is -6.34. The molecule has 14 nitrogen and oxygen atoms in total. The number of carbonyl (C=O) groups is 3. The number of nitrogens with zero attached hydrogens (tertiary/aromatic N) is 7. The lowest BCUT2D eigenvalue weighted by Gasteiger charge is -2.38. The number of rotatable bonds is 12. The monoisotopic (exact) mass is 945 g/mol. The van der Waals surface area contributed by atoms with Crippen LogP contribution in [0, 0.1) is 29.5 Å². The van der Waals surface area contributed by atoms with Gasteiger partial charge in [-0.3, -0.25) is 24.6 Å². The molecule has 6 aliphatic heterocycles. The molecule has 6 fully saturated rings. The fraction of sp³-hybridized carbons (Fsp3) is 0.473. The molecule has 5 saturated heterocycles. The Morgan fingerprint density at radius 3 is 2.39 bits per heavy atom. The molecule has 1 aromatic heterocycles. The summed E-state index contributed by atoms with van der Waals surface area (Å²) in [6.45, 7) is 10.5. The summed E-state index contributed by atoms with van der Waals surface area (Å²) in [6.07, 6.45) is 14.5. The van der Waals surface area contributed by atoms with Crippen LogP contribution in [0.25, 0.3) is 32.8 Å². The van der Waals surface area contributed by atoms with Gasteiger partial charge in [0, 0.05) is 109 Å². The third-order valence-corrected chi connectivity index (χ3v) is 16.5. The summed E-state index contributed by atoms with van der Waals surface area (Å²) in [5.41, 5.74) is 4.38. The Labute approximate surface area is 407 Å². The molecule has 70 heavy (non-hydrogen) atoms. The van der Waals surface area contributed by atoms with Gasteiger partial charge in [0.15, 0.2) is 5.82 Å². The summed E-state index contributed by atoms with van der Waals surface area (Å²) in [5, 5.41) is 18.9. The Kier molecular flexibility index (Phi) is 11.6. The van der Waals surface area contributed by atoms with Crippen molar-refractivity contribution in [1.29, 1.82) is 0 Å². The van der Waals surface area contributed by atoms with E-state index in [1.54, 1.807) is 23.1 Å². The number of likely N-dealkylation sites (tertiary alicyclic amines) is 1. The smallest absolute Gasteiger partial charge is 0.319 e. The summed E-state index contributed by atoms with van der Waals surface area (Å²) in [5.74, 6) is 2.88. The molecule has 2 unspecified atom stereocenters. The van der Waals surface area contributed by atoms with E-state index in [0.717, 1.165) is 108 Å². The molecule has 1 aliphatic carbocycles. The minimum absolute atomic E-state index is 0.0208. The van der Waals surface area contributed by atoms with E-state index in [4.69, 9.17) is 21.1 Å². The maximum Gasteiger partial charge on any atom is 0.319 e. The quantitative estimate of drug-likeness (QED) is 0.0988. The molecule has 3 amide bonds. The molecule has 7 heterocycles. The summed E-state index contributed by atoms with van der Waals surface area (Å²) < 4.78 is 23.7. The fourth-order valence-electron chi connectivity index (χ4n) is 12.4. The zero-order valence-corrected chi connectivity index (χ0v) is 39.6. The first-order valence-electron chi connectivity index (χ1n) is 25.4. The van der Waals surface area contributed by atoms with Crippen LogP contribution in [0.5, 0.6) is 11.8 Å². The maximum absolute atomic E-state index is 17.2. The summed E-state index contributed by atoms with van der Waals surface area (Å²) in [6, 6.07) is 18.8.